The summed E-state index contributed by atoms with van der Waals surface area (Å²) in [4.78, 5) is 5.29. The molecule has 0 aliphatic rings. The van der Waals surface area contributed by atoms with Gasteiger partial charge in [0.2, 0.25) is 0 Å². The van der Waals surface area contributed by atoms with Crippen LogP contribution in [-0.2, 0) is 6.61 Å². The fourth-order valence-corrected chi connectivity index (χ4v) is 2.96. The number of hydrogen-bond acceptors (Lipinski definition) is 5. The van der Waals surface area contributed by atoms with E-state index < -0.39 is 0 Å². The first-order chi connectivity index (χ1) is 7.26. The minimum absolute atomic E-state index is 0.0294. The molecule has 0 amide bonds. The summed E-state index contributed by atoms with van der Waals surface area (Å²) >= 11 is 3.03. The number of aromatic nitrogens is 2. The number of rotatable bonds is 4. The lowest BCUT2D eigenvalue weighted by atomic mass is 10.5. The number of thioether (sulfide) groups is 1. The van der Waals surface area contributed by atoms with Crippen LogP contribution in [0.2, 0.25) is 0 Å². The molecule has 0 aliphatic carbocycles. The van der Waals surface area contributed by atoms with Crippen LogP contribution >= 0.6 is 23.1 Å². The van der Waals surface area contributed by atoms with Crippen LogP contribution < -0.4 is 0 Å². The molecule has 2 N–H and O–H groups in total. The lowest BCUT2D eigenvalue weighted by Crippen LogP contribution is -2.03. The average molecular weight is 244 g/mol. The lowest BCUT2D eigenvalue weighted by molar-refractivity contribution is 0.272. The van der Waals surface area contributed by atoms with Crippen molar-refractivity contribution in [1.82, 2.24) is 9.38 Å². The van der Waals surface area contributed by atoms with Gasteiger partial charge < -0.3 is 10.2 Å². The number of fused-ring (bicyclic) bond motifs is 1. The van der Waals surface area contributed by atoms with E-state index in [2.05, 4.69) is 4.98 Å². The van der Waals surface area contributed by atoms with E-state index in [1.165, 1.54) is 23.1 Å². The highest BCUT2D eigenvalue weighted by Crippen LogP contribution is 2.28. The predicted molar refractivity (Wildman–Crippen MR) is 61.4 cm³/mol. The van der Waals surface area contributed by atoms with Crippen LogP contribution in [0.5, 0.6) is 0 Å². The van der Waals surface area contributed by atoms with Gasteiger partial charge in [-0.25, -0.2) is 4.98 Å². The summed E-state index contributed by atoms with van der Waals surface area (Å²) in [7, 11) is 0. The molecule has 0 saturated carbocycles. The van der Waals surface area contributed by atoms with E-state index >= 15 is 0 Å². The molecule has 1 atom stereocenters. The van der Waals surface area contributed by atoms with Crippen molar-refractivity contribution in [2.24, 2.45) is 0 Å². The standard InChI is InChI=1S/C9H12N2O2S2/c1-6(4-12)15-8-7(5-13)11-2-3-14-9(11)10-8/h2-3,6,12-13H,4-5H2,1H3. The Hall–Kier alpha value is -0.560. The average Bonchev–Trinajstić information content (AvgIpc) is 2.77. The Morgan fingerprint density at radius 3 is 3.07 bits per heavy atom. The molecule has 82 valence electrons. The summed E-state index contributed by atoms with van der Waals surface area (Å²) in [5, 5.41) is 21.1. The zero-order valence-corrected chi connectivity index (χ0v) is 9.88. The molecule has 0 spiro atoms. The van der Waals surface area contributed by atoms with Gasteiger partial charge in [-0.15, -0.1) is 11.3 Å². The molecule has 4 nitrogen and oxygen atoms in total. The molecular weight excluding hydrogens is 232 g/mol. The van der Waals surface area contributed by atoms with Crippen LogP contribution in [0, 0.1) is 0 Å². The van der Waals surface area contributed by atoms with Gasteiger partial charge in [-0.3, -0.25) is 4.40 Å². The van der Waals surface area contributed by atoms with E-state index in [4.69, 9.17) is 5.11 Å². The minimum Gasteiger partial charge on any atom is -0.395 e. The highest BCUT2D eigenvalue weighted by atomic mass is 32.2. The smallest absolute Gasteiger partial charge is 0.195 e. The summed E-state index contributed by atoms with van der Waals surface area (Å²) in [6.07, 6.45) is 1.90. The zero-order valence-electron chi connectivity index (χ0n) is 8.25. The molecule has 6 heteroatoms. The Bertz CT molecular complexity index is 452. The van der Waals surface area contributed by atoms with Crippen molar-refractivity contribution in [3.05, 3.63) is 17.3 Å². The first-order valence-corrected chi connectivity index (χ1v) is 6.35. The van der Waals surface area contributed by atoms with E-state index in [1.807, 2.05) is 22.9 Å². The Morgan fingerprint density at radius 2 is 2.40 bits per heavy atom. The first kappa shape index (κ1) is 10.9. The maximum Gasteiger partial charge on any atom is 0.195 e. The van der Waals surface area contributed by atoms with Crippen molar-refractivity contribution in [2.45, 2.75) is 23.8 Å². The molecular formula is C9H12N2O2S2. The molecule has 0 aliphatic heterocycles. The van der Waals surface area contributed by atoms with Gasteiger partial charge >= 0.3 is 0 Å². The van der Waals surface area contributed by atoms with Gasteiger partial charge in [0.1, 0.15) is 5.03 Å². The maximum absolute atomic E-state index is 9.28. The zero-order chi connectivity index (χ0) is 10.8. The van der Waals surface area contributed by atoms with Crippen molar-refractivity contribution in [2.75, 3.05) is 6.61 Å². The van der Waals surface area contributed by atoms with Gasteiger partial charge in [0.15, 0.2) is 4.96 Å². The van der Waals surface area contributed by atoms with Crippen molar-refractivity contribution in [3.8, 4) is 0 Å². The van der Waals surface area contributed by atoms with E-state index in [-0.39, 0.29) is 18.5 Å². The molecule has 2 heterocycles. The fraction of sp³-hybridized carbons (Fsp3) is 0.444. The SMILES string of the molecule is CC(CO)Sc1nc2sccn2c1CO. The second-order valence-corrected chi connectivity index (χ2v) is 5.49. The van der Waals surface area contributed by atoms with E-state index in [1.54, 1.807) is 0 Å². The Morgan fingerprint density at radius 1 is 1.60 bits per heavy atom. The van der Waals surface area contributed by atoms with Gasteiger partial charge in [-0.1, -0.05) is 18.7 Å². The molecule has 2 rings (SSSR count). The summed E-state index contributed by atoms with van der Waals surface area (Å²) in [6, 6.07) is 0. The quantitative estimate of drug-likeness (QED) is 0.797. The highest BCUT2D eigenvalue weighted by Gasteiger charge is 2.14. The summed E-state index contributed by atoms with van der Waals surface area (Å²) in [5.41, 5.74) is 0.802. The molecule has 1 unspecified atom stereocenters. The molecule has 15 heavy (non-hydrogen) atoms. The lowest BCUT2D eigenvalue weighted by Gasteiger charge is -2.05. The van der Waals surface area contributed by atoms with E-state index in [0.717, 1.165) is 15.7 Å². The van der Waals surface area contributed by atoms with Crippen molar-refractivity contribution in [1.29, 1.82) is 0 Å². The third-order valence-electron chi connectivity index (χ3n) is 2.04. The predicted octanol–water partition coefficient (Wildman–Crippen LogP) is 1.36. The molecule has 0 saturated heterocycles. The topological polar surface area (TPSA) is 57.8 Å². The number of aliphatic hydroxyl groups is 2. The van der Waals surface area contributed by atoms with Gasteiger partial charge in [0.25, 0.3) is 0 Å². The number of aliphatic hydroxyl groups excluding tert-OH is 2. The third kappa shape index (κ3) is 2.03. The first-order valence-electron chi connectivity index (χ1n) is 4.59. The number of thiazole rings is 1. The Kier molecular flexibility index (Phi) is 3.30. The molecule has 0 fully saturated rings. The number of hydrogen-bond donors (Lipinski definition) is 2. The third-order valence-corrected chi connectivity index (χ3v) is 3.90. The second-order valence-electron chi connectivity index (χ2n) is 3.19. The Labute approximate surface area is 95.6 Å². The summed E-state index contributed by atoms with van der Waals surface area (Å²) < 4.78 is 1.89. The van der Waals surface area contributed by atoms with Crippen LogP contribution in [0.4, 0.5) is 0 Å². The highest BCUT2D eigenvalue weighted by molar-refractivity contribution is 7.99. The van der Waals surface area contributed by atoms with Crippen LogP contribution in [-0.4, -0.2) is 31.5 Å². The van der Waals surface area contributed by atoms with Crippen LogP contribution in [0.3, 0.4) is 0 Å². The molecule has 0 radical (unpaired) electrons. The maximum atomic E-state index is 9.28. The Balaban J connectivity index is 2.37. The van der Waals surface area contributed by atoms with E-state index in [0.29, 0.717) is 0 Å². The monoisotopic (exact) mass is 244 g/mol. The van der Waals surface area contributed by atoms with Crippen molar-refractivity contribution in [3.63, 3.8) is 0 Å². The minimum atomic E-state index is -0.0294. The van der Waals surface area contributed by atoms with Gasteiger partial charge in [-0.05, 0) is 0 Å². The normalized spacial score (nSPS) is 13.5. The van der Waals surface area contributed by atoms with Crippen LogP contribution in [0.15, 0.2) is 16.6 Å². The van der Waals surface area contributed by atoms with Crippen molar-refractivity contribution < 1.29 is 10.2 Å². The summed E-state index contributed by atoms with van der Waals surface area (Å²) in [6.45, 7) is 2.01. The van der Waals surface area contributed by atoms with Crippen molar-refractivity contribution >= 4 is 28.1 Å². The largest absolute Gasteiger partial charge is 0.395 e. The molecule has 2 aromatic heterocycles. The molecule has 0 aromatic carbocycles. The number of nitrogens with zero attached hydrogens (tertiary/aromatic N) is 2. The van der Waals surface area contributed by atoms with Gasteiger partial charge in [-0.2, -0.15) is 0 Å². The van der Waals surface area contributed by atoms with Gasteiger partial charge in [0, 0.05) is 16.8 Å². The molecule has 0 bridgehead atoms. The fourth-order valence-electron chi connectivity index (χ4n) is 1.28. The summed E-state index contributed by atoms with van der Waals surface area (Å²) in [5.74, 6) is 0. The molecule has 2 aromatic rings. The van der Waals surface area contributed by atoms with Crippen LogP contribution in [0.25, 0.3) is 4.96 Å². The second kappa shape index (κ2) is 4.52. The number of imidazole rings is 1. The van der Waals surface area contributed by atoms with Gasteiger partial charge in [0.05, 0.1) is 18.9 Å². The van der Waals surface area contributed by atoms with Crippen LogP contribution in [0.1, 0.15) is 12.6 Å². The van der Waals surface area contributed by atoms with E-state index in [9.17, 15) is 5.11 Å².